The van der Waals surface area contributed by atoms with Gasteiger partial charge in [-0.25, -0.2) is 0 Å². The van der Waals surface area contributed by atoms with Crippen molar-refractivity contribution in [2.75, 3.05) is 19.7 Å². The lowest BCUT2D eigenvalue weighted by atomic mass is 9.89. The third-order valence-electron chi connectivity index (χ3n) is 3.64. The van der Waals surface area contributed by atoms with Crippen molar-refractivity contribution in [3.8, 4) is 0 Å². The van der Waals surface area contributed by atoms with Gasteiger partial charge in [0, 0.05) is 6.54 Å². The average molecular weight is 241 g/mol. The second-order valence-electron chi connectivity index (χ2n) is 6.02. The fourth-order valence-corrected chi connectivity index (χ4v) is 2.76. The standard InChI is InChI=1S/C15H31NO/c1-13(2)11-14(3)17-10-9-16-12-15-7-5-4-6-8-15/h13-16H,4-12H2,1-3H3. The molecule has 1 aliphatic rings. The number of rotatable bonds is 8. The molecule has 0 spiro atoms. The molecule has 0 aromatic rings. The van der Waals surface area contributed by atoms with Gasteiger partial charge >= 0.3 is 0 Å². The quantitative estimate of drug-likeness (QED) is 0.656. The minimum atomic E-state index is 0.409. The highest BCUT2D eigenvalue weighted by molar-refractivity contribution is 4.67. The molecule has 1 rings (SSSR count). The van der Waals surface area contributed by atoms with E-state index in [0.717, 1.165) is 25.0 Å². The summed E-state index contributed by atoms with van der Waals surface area (Å²) in [5.74, 6) is 1.66. The lowest BCUT2D eigenvalue weighted by Crippen LogP contribution is -2.28. The van der Waals surface area contributed by atoms with Gasteiger partial charge in [-0.05, 0) is 44.6 Å². The molecule has 1 atom stereocenters. The highest BCUT2D eigenvalue weighted by atomic mass is 16.5. The second kappa shape index (κ2) is 8.93. The molecule has 1 unspecified atom stereocenters. The largest absolute Gasteiger partial charge is 0.377 e. The Kier molecular flexibility index (Phi) is 7.87. The van der Waals surface area contributed by atoms with E-state index in [-0.39, 0.29) is 0 Å². The molecule has 0 aromatic heterocycles. The van der Waals surface area contributed by atoms with E-state index in [0.29, 0.717) is 6.10 Å². The van der Waals surface area contributed by atoms with Crippen LogP contribution in [-0.2, 0) is 4.74 Å². The predicted octanol–water partition coefficient (Wildman–Crippen LogP) is 3.61. The Morgan fingerprint density at radius 3 is 2.47 bits per heavy atom. The van der Waals surface area contributed by atoms with Gasteiger partial charge in [0.25, 0.3) is 0 Å². The Morgan fingerprint density at radius 1 is 1.12 bits per heavy atom. The number of hydrogen-bond acceptors (Lipinski definition) is 2. The van der Waals surface area contributed by atoms with Gasteiger partial charge in [-0.2, -0.15) is 0 Å². The van der Waals surface area contributed by atoms with E-state index >= 15 is 0 Å². The Bertz CT molecular complexity index is 176. The van der Waals surface area contributed by atoms with E-state index in [1.165, 1.54) is 45.1 Å². The molecular weight excluding hydrogens is 210 g/mol. The molecule has 1 fully saturated rings. The smallest absolute Gasteiger partial charge is 0.0594 e. The third-order valence-corrected chi connectivity index (χ3v) is 3.64. The van der Waals surface area contributed by atoms with Crippen LogP contribution in [0.25, 0.3) is 0 Å². The van der Waals surface area contributed by atoms with E-state index in [1.54, 1.807) is 0 Å². The molecular formula is C15H31NO. The molecule has 0 radical (unpaired) electrons. The van der Waals surface area contributed by atoms with Crippen LogP contribution in [0, 0.1) is 11.8 Å². The van der Waals surface area contributed by atoms with Crippen molar-refractivity contribution >= 4 is 0 Å². The van der Waals surface area contributed by atoms with Gasteiger partial charge in [-0.15, -0.1) is 0 Å². The fraction of sp³-hybridized carbons (Fsp3) is 1.00. The molecule has 0 aromatic carbocycles. The Hall–Kier alpha value is -0.0800. The van der Waals surface area contributed by atoms with Crippen molar-refractivity contribution in [1.82, 2.24) is 5.32 Å². The summed E-state index contributed by atoms with van der Waals surface area (Å²) in [6, 6.07) is 0. The topological polar surface area (TPSA) is 21.3 Å². The zero-order chi connectivity index (χ0) is 12.5. The van der Waals surface area contributed by atoms with Crippen LogP contribution in [0.4, 0.5) is 0 Å². The molecule has 1 N–H and O–H groups in total. The maximum Gasteiger partial charge on any atom is 0.0594 e. The van der Waals surface area contributed by atoms with Crippen LogP contribution in [0.2, 0.25) is 0 Å². The first-order chi connectivity index (χ1) is 8.18. The summed E-state index contributed by atoms with van der Waals surface area (Å²) in [5.41, 5.74) is 0. The van der Waals surface area contributed by atoms with E-state index in [1.807, 2.05) is 0 Å². The molecule has 17 heavy (non-hydrogen) atoms. The Balaban J connectivity index is 1.89. The Labute approximate surface area is 108 Å². The first-order valence-corrected chi connectivity index (χ1v) is 7.50. The van der Waals surface area contributed by atoms with Gasteiger partial charge in [-0.1, -0.05) is 33.1 Å². The van der Waals surface area contributed by atoms with Gasteiger partial charge < -0.3 is 10.1 Å². The number of hydrogen-bond donors (Lipinski definition) is 1. The highest BCUT2D eigenvalue weighted by Gasteiger charge is 2.12. The van der Waals surface area contributed by atoms with Crippen LogP contribution in [0.3, 0.4) is 0 Å². The molecule has 1 aliphatic carbocycles. The zero-order valence-corrected chi connectivity index (χ0v) is 12.0. The normalized spacial score (nSPS) is 19.8. The van der Waals surface area contributed by atoms with E-state index in [9.17, 15) is 0 Å². The predicted molar refractivity (Wildman–Crippen MR) is 74.3 cm³/mol. The number of nitrogens with one attached hydrogen (secondary N) is 1. The van der Waals surface area contributed by atoms with E-state index < -0.39 is 0 Å². The summed E-state index contributed by atoms with van der Waals surface area (Å²) in [5, 5.41) is 3.54. The van der Waals surface area contributed by atoms with Gasteiger partial charge in [0.1, 0.15) is 0 Å². The molecule has 0 aliphatic heterocycles. The maximum atomic E-state index is 5.78. The summed E-state index contributed by atoms with van der Waals surface area (Å²) in [4.78, 5) is 0. The first-order valence-electron chi connectivity index (χ1n) is 7.50. The Morgan fingerprint density at radius 2 is 1.82 bits per heavy atom. The number of ether oxygens (including phenoxy) is 1. The first kappa shape index (κ1) is 15.0. The summed E-state index contributed by atoms with van der Waals surface area (Å²) >= 11 is 0. The van der Waals surface area contributed by atoms with Crippen LogP contribution in [-0.4, -0.2) is 25.8 Å². The summed E-state index contributed by atoms with van der Waals surface area (Å²) < 4.78 is 5.78. The molecule has 102 valence electrons. The maximum absolute atomic E-state index is 5.78. The third kappa shape index (κ3) is 7.77. The molecule has 0 saturated heterocycles. The minimum absolute atomic E-state index is 0.409. The molecule has 2 nitrogen and oxygen atoms in total. The zero-order valence-electron chi connectivity index (χ0n) is 12.0. The van der Waals surface area contributed by atoms with Crippen LogP contribution in [0.5, 0.6) is 0 Å². The highest BCUT2D eigenvalue weighted by Crippen LogP contribution is 2.22. The molecule has 0 bridgehead atoms. The lowest BCUT2D eigenvalue weighted by molar-refractivity contribution is 0.0534. The van der Waals surface area contributed by atoms with Gasteiger partial charge in [0.15, 0.2) is 0 Å². The van der Waals surface area contributed by atoms with Gasteiger partial charge in [0.05, 0.1) is 12.7 Å². The van der Waals surface area contributed by atoms with Crippen molar-refractivity contribution in [1.29, 1.82) is 0 Å². The van der Waals surface area contributed by atoms with Crippen LogP contribution >= 0.6 is 0 Å². The summed E-state index contributed by atoms with van der Waals surface area (Å²) in [6.45, 7) is 9.75. The van der Waals surface area contributed by atoms with Gasteiger partial charge in [-0.3, -0.25) is 0 Å². The second-order valence-corrected chi connectivity index (χ2v) is 6.02. The molecule has 0 heterocycles. The van der Waals surface area contributed by atoms with Crippen LogP contribution < -0.4 is 5.32 Å². The van der Waals surface area contributed by atoms with Crippen LogP contribution in [0.15, 0.2) is 0 Å². The van der Waals surface area contributed by atoms with Crippen molar-refractivity contribution in [2.24, 2.45) is 11.8 Å². The van der Waals surface area contributed by atoms with Gasteiger partial charge in [0.2, 0.25) is 0 Å². The molecule has 2 heteroatoms. The minimum Gasteiger partial charge on any atom is -0.377 e. The van der Waals surface area contributed by atoms with Crippen molar-refractivity contribution < 1.29 is 4.74 Å². The van der Waals surface area contributed by atoms with Crippen LogP contribution in [0.1, 0.15) is 59.3 Å². The average Bonchev–Trinajstić information content (AvgIpc) is 2.29. The monoisotopic (exact) mass is 241 g/mol. The lowest BCUT2D eigenvalue weighted by Gasteiger charge is -2.22. The molecule has 1 saturated carbocycles. The van der Waals surface area contributed by atoms with E-state index in [2.05, 4.69) is 26.1 Å². The summed E-state index contributed by atoms with van der Waals surface area (Å²) in [7, 11) is 0. The SMILES string of the molecule is CC(C)CC(C)OCCNCC1CCCCC1. The fourth-order valence-electron chi connectivity index (χ4n) is 2.76. The van der Waals surface area contributed by atoms with Crippen molar-refractivity contribution in [2.45, 2.75) is 65.4 Å². The van der Waals surface area contributed by atoms with Crippen molar-refractivity contribution in [3.05, 3.63) is 0 Å². The van der Waals surface area contributed by atoms with E-state index in [4.69, 9.17) is 4.74 Å². The molecule has 0 amide bonds. The summed E-state index contributed by atoms with van der Waals surface area (Å²) in [6.07, 6.45) is 8.76. The van der Waals surface area contributed by atoms with Crippen molar-refractivity contribution in [3.63, 3.8) is 0 Å².